The van der Waals surface area contributed by atoms with E-state index in [2.05, 4.69) is 15.6 Å². The molecule has 0 spiro atoms. The van der Waals surface area contributed by atoms with Gasteiger partial charge in [0, 0.05) is 25.0 Å². The highest BCUT2D eigenvalue weighted by molar-refractivity contribution is 7.13. The topological polar surface area (TPSA) is 89.3 Å². The number of methoxy groups -OCH3 is 1. The zero-order chi connectivity index (χ0) is 19.3. The van der Waals surface area contributed by atoms with Crippen molar-refractivity contribution >= 4 is 28.6 Å². The molecule has 1 amide bonds. The monoisotopic (exact) mass is 388 g/mol. The molecule has 0 aliphatic rings. The van der Waals surface area contributed by atoms with E-state index in [0.29, 0.717) is 5.01 Å². The highest BCUT2D eigenvalue weighted by Crippen LogP contribution is 2.36. The molecule has 2 aromatic rings. The number of nitrogens with one attached hydrogen (secondary N) is 2. The third kappa shape index (κ3) is 5.16. The van der Waals surface area contributed by atoms with Gasteiger partial charge in [-0.3, -0.25) is 4.79 Å². The summed E-state index contributed by atoms with van der Waals surface area (Å²) in [6.45, 7) is 2.22. The maximum Gasteiger partial charge on any atom is 0.418 e. The molecule has 1 aromatic heterocycles. The van der Waals surface area contributed by atoms with Gasteiger partial charge in [-0.05, 0) is 25.1 Å². The first kappa shape index (κ1) is 20.1. The van der Waals surface area contributed by atoms with Gasteiger partial charge in [0.15, 0.2) is 0 Å². The van der Waals surface area contributed by atoms with Crippen LogP contribution in [-0.4, -0.2) is 31.2 Å². The lowest BCUT2D eigenvalue weighted by Crippen LogP contribution is -2.16. The lowest BCUT2D eigenvalue weighted by atomic mass is 10.1. The molecular weight excluding hydrogens is 369 g/mol. The predicted octanol–water partition coefficient (Wildman–Crippen LogP) is 3.49. The molecular formula is C16H19F3N4O2S. The molecule has 10 heteroatoms. The Morgan fingerprint density at radius 2 is 2.15 bits per heavy atom. The second-order valence-corrected chi connectivity index (χ2v) is 6.55. The molecule has 0 aliphatic carbocycles. The molecule has 4 N–H and O–H groups in total. The summed E-state index contributed by atoms with van der Waals surface area (Å²) in [5, 5.41) is 5.70. The number of hydrogen-bond donors (Lipinski definition) is 3. The van der Waals surface area contributed by atoms with Crippen molar-refractivity contribution in [1.82, 2.24) is 4.98 Å². The van der Waals surface area contributed by atoms with Crippen molar-refractivity contribution in [2.75, 3.05) is 30.9 Å². The van der Waals surface area contributed by atoms with Crippen LogP contribution in [0.3, 0.4) is 0 Å². The van der Waals surface area contributed by atoms with E-state index in [0.717, 1.165) is 17.4 Å². The minimum atomic E-state index is -4.57. The molecule has 0 radical (unpaired) electrons. The number of nitrogens with zero attached hydrogens (tertiary/aromatic N) is 1. The van der Waals surface area contributed by atoms with E-state index in [4.69, 9.17) is 10.5 Å². The molecule has 0 bridgehead atoms. The maximum absolute atomic E-state index is 13.3. The smallest absolute Gasteiger partial charge is 0.383 e. The van der Waals surface area contributed by atoms with E-state index < -0.39 is 17.6 Å². The van der Waals surface area contributed by atoms with Crippen molar-refractivity contribution in [3.63, 3.8) is 0 Å². The fourth-order valence-electron chi connectivity index (χ4n) is 2.09. The summed E-state index contributed by atoms with van der Waals surface area (Å²) in [6.07, 6.45) is -3.22. The van der Waals surface area contributed by atoms with E-state index in [1.54, 1.807) is 6.92 Å². The van der Waals surface area contributed by atoms with Gasteiger partial charge in [0.2, 0.25) is 0 Å². The van der Waals surface area contributed by atoms with Crippen LogP contribution in [0.4, 0.5) is 24.5 Å². The van der Waals surface area contributed by atoms with Crippen LogP contribution in [0.15, 0.2) is 24.4 Å². The van der Waals surface area contributed by atoms with Gasteiger partial charge in [-0.1, -0.05) is 0 Å². The Balaban J connectivity index is 2.19. The quantitative estimate of drug-likeness (QED) is 0.632. The third-order valence-electron chi connectivity index (χ3n) is 3.34. The number of thiazole rings is 1. The molecule has 0 aliphatic heterocycles. The first-order valence-electron chi connectivity index (χ1n) is 7.69. The molecule has 0 fully saturated rings. The Morgan fingerprint density at radius 3 is 2.73 bits per heavy atom. The number of anilines is 2. The van der Waals surface area contributed by atoms with Crippen LogP contribution >= 0.6 is 11.3 Å². The predicted molar refractivity (Wildman–Crippen MR) is 94.5 cm³/mol. The normalized spacial score (nSPS) is 12.7. The number of halogens is 3. The molecule has 142 valence electrons. The van der Waals surface area contributed by atoms with E-state index in [-0.39, 0.29) is 35.4 Å². The number of carbonyl (C=O) groups excluding carboxylic acids is 1. The summed E-state index contributed by atoms with van der Waals surface area (Å²) in [4.78, 5) is 16.5. The zero-order valence-corrected chi connectivity index (χ0v) is 15.0. The summed E-state index contributed by atoms with van der Waals surface area (Å²) < 4.78 is 44.7. The second-order valence-electron chi connectivity index (χ2n) is 5.48. The number of benzene rings is 1. The van der Waals surface area contributed by atoms with Gasteiger partial charge in [0.05, 0.1) is 24.4 Å². The van der Waals surface area contributed by atoms with Crippen LogP contribution < -0.4 is 16.4 Å². The number of hydrogen-bond acceptors (Lipinski definition) is 6. The van der Waals surface area contributed by atoms with Crippen LogP contribution in [-0.2, 0) is 10.9 Å². The average Bonchev–Trinajstić information content (AvgIpc) is 3.05. The molecule has 0 saturated heterocycles. The fraction of sp³-hybridized carbons (Fsp3) is 0.375. The number of ether oxygens (including phenoxy) is 1. The summed E-state index contributed by atoms with van der Waals surface area (Å²) in [7, 11) is 1.46. The molecule has 0 saturated carbocycles. The van der Waals surface area contributed by atoms with Crippen molar-refractivity contribution in [3.8, 4) is 0 Å². The SMILES string of the molecule is COCCNc1ccc(NC(=O)c2cnc(C(C)N)s2)cc1C(F)(F)F. The van der Waals surface area contributed by atoms with E-state index >= 15 is 0 Å². The summed E-state index contributed by atoms with van der Waals surface area (Å²) >= 11 is 1.10. The van der Waals surface area contributed by atoms with Crippen molar-refractivity contribution in [2.45, 2.75) is 19.1 Å². The average molecular weight is 388 g/mol. The van der Waals surface area contributed by atoms with Crippen LogP contribution in [0.5, 0.6) is 0 Å². The lowest BCUT2D eigenvalue weighted by molar-refractivity contribution is -0.136. The zero-order valence-electron chi connectivity index (χ0n) is 14.2. The Kier molecular flexibility index (Phi) is 6.57. The Bertz CT molecular complexity index is 762. The number of aromatic nitrogens is 1. The molecule has 2 rings (SSSR count). The highest BCUT2D eigenvalue weighted by Gasteiger charge is 2.34. The van der Waals surface area contributed by atoms with Crippen LogP contribution in [0.25, 0.3) is 0 Å². The number of rotatable bonds is 7. The van der Waals surface area contributed by atoms with Gasteiger partial charge in [-0.2, -0.15) is 13.2 Å². The fourth-order valence-corrected chi connectivity index (χ4v) is 2.86. The van der Waals surface area contributed by atoms with Crippen molar-refractivity contribution in [3.05, 3.63) is 39.8 Å². The minimum absolute atomic E-state index is 0.0374. The van der Waals surface area contributed by atoms with Gasteiger partial charge in [0.1, 0.15) is 9.88 Å². The second kappa shape index (κ2) is 8.47. The van der Waals surface area contributed by atoms with Crippen molar-refractivity contribution < 1.29 is 22.7 Å². The van der Waals surface area contributed by atoms with Gasteiger partial charge in [-0.25, -0.2) is 4.98 Å². The van der Waals surface area contributed by atoms with E-state index in [1.807, 2.05) is 0 Å². The molecule has 26 heavy (non-hydrogen) atoms. The van der Waals surface area contributed by atoms with E-state index in [9.17, 15) is 18.0 Å². The van der Waals surface area contributed by atoms with Gasteiger partial charge in [0.25, 0.3) is 5.91 Å². The molecule has 6 nitrogen and oxygen atoms in total. The van der Waals surface area contributed by atoms with Gasteiger partial charge < -0.3 is 21.1 Å². The third-order valence-corrected chi connectivity index (χ3v) is 4.54. The molecule has 1 atom stereocenters. The largest absolute Gasteiger partial charge is 0.418 e. The molecule has 1 heterocycles. The van der Waals surface area contributed by atoms with Crippen LogP contribution in [0, 0.1) is 0 Å². The first-order chi connectivity index (χ1) is 12.2. The Morgan fingerprint density at radius 1 is 1.42 bits per heavy atom. The lowest BCUT2D eigenvalue weighted by Gasteiger charge is -2.16. The van der Waals surface area contributed by atoms with Crippen molar-refractivity contribution in [1.29, 1.82) is 0 Å². The summed E-state index contributed by atoms with van der Waals surface area (Å²) in [6, 6.07) is 3.24. The Hall–Kier alpha value is -2.17. The van der Waals surface area contributed by atoms with Crippen LogP contribution in [0.1, 0.15) is 33.2 Å². The van der Waals surface area contributed by atoms with Crippen LogP contribution in [0.2, 0.25) is 0 Å². The van der Waals surface area contributed by atoms with Crippen molar-refractivity contribution in [2.24, 2.45) is 5.73 Å². The summed E-state index contributed by atoms with van der Waals surface area (Å²) in [5.41, 5.74) is 4.78. The van der Waals surface area contributed by atoms with Gasteiger partial charge >= 0.3 is 6.18 Å². The maximum atomic E-state index is 13.3. The minimum Gasteiger partial charge on any atom is -0.383 e. The number of amides is 1. The number of nitrogens with two attached hydrogens (primary N) is 1. The standard InChI is InChI=1S/C16H19F3N4O2S/c1-9(20)15-22-8-13(26-15)14(24)23-10-3-4-12(21-5-6-25-2)11(7-10)16(17,18)19/h3-4,7-9,21H,5-6,20H2,1-2H3,(H,23,24). The molecule has 1 unspecified atom stereocenters. The first-order valence-corrected chi connectivity index (χ1v) is 8.50. The highest BCUT2D eigenvalue weighted by atomic mass is 32.1. The Labute approximate surface area is 152 Å². The van der Waals surface area contributed by atoms with E-state index in [1.165, 1.54) is 25.4 Å². The number of carbonyl (C=O) groups is 1. The summed E-state index contributed by atoms with van der Waals surface area (Å²) in [5.74, 6) is -0.539. The molecule has 1 aromatic carbocycles. The van der Waals surface area contributed by atoms with Gasteiger partial charge in [-0.15, -0.1) is 11.3 Å². The number of alkyl halides is 3.